The van der Waals surface area contributed by atoms with E-state index in [9.17, 15) is 13.2 Å². The van der Waals surface area contributed by atoms with Gasteiger partial charge in [-0.25, -0.2) is 13.2 Å². The van der Waals surface area contributed by atoms with Gasteiger partial charge < -0.3 is 5.73 Å². The number of benzene rings is 1. The van der Waals surface area contributed by atoms with Crippen LogP contribution in [0.15, 0.2) is 11.0 Å². The Kier molecular flexibility index (Phi) is 2.52. The van der Waals surface area contributed by atoms with Gasteiger partial charge in [-0.15, -0.1) is 11.8 Å². The van der Waals surface area contributed by atoms with Gasteiger partial charge in [0.2, 0.25) is 0 Å². The monoisotopic (exact) mass is 193 g/mol. The van der Waals surface area contributed by atoms with Crippen molar-refractivity contribution in [3.8, 4) is 0 Å². The Bertz CT molecular complexity index is 314. The molecule has 0 aromatic heterocycles. The molecule has 0 amide bonds. The van der Waals surface area contributed by atoms with Gasteiger partial charge in [-0.3, -0.25) is 0 Å². The first kappa shape index (κ1) is 9.25. The van der Waals surface area contributed by atoms with Crippen LogP contribution < -0.4 is 5.73 Å². The van der Waals surface area contributed by atoms with Crippen molar-refractivity contribution in [1.82, 2.24) is 0 Å². The molecule has 0 unspecified atom stereocenters. The van der Waals surface area contributed by atoms with Gasteiger partial charge in [-0.2, -0.15) is 0 Å². The standard InChI is InChI=1S/C7H6F3NS/c1-12-7-3(8)2-4(11)5(9)6(7)10/h2H,11H2,1H3. The molecule has 66 valence electrons. The number of thioether (sulfide) groups is 1. The average Bonchev–Trinajstić information content (AvgIpc) is 2.01. The van der Waals surface area contributed by atoms with E-state index in [0.717, 1.165) is 17.8 Å². The van der Waals surface area contributed by atoms with Crippen LogP contribution >= 0.6 is 11.8 Å². The second-order valence-corrected chi connectivity index (χ2v) is 2.93. The fourth-order valence-corrected chi connectivity index (χ4v) is 1.31. The van der Waals surface area contributed by atoms with Gasteiger partial charge in [0.1, 0.15) is 5.82 Å². The Morgan fingerprint density at radius 2 is 1.83 bits per heavy atom. The molecule has 0 bridgehead atoms. The molecule has 0 fully saturated rings. The van der Waals surface area contributed by atoms with Gasteiger partial charge in [0.25, 0.3) is 0 Å². The largest absolute Gasteiger partial charge is 0.396 e. The highest BCUT2D eigenvalue weighted by molar-refractivity contribution is 7.98. The van der Waals surface area contributed by atoms with E-state index >= 15 is 0 Å². The molecular formula is C7H6F3NS. The summed E-state index contributed by atoms with van der Waals surface area (Å²) in [6, 6.07) is 0.768. The summed E-state index contributed by atoms with van der Waals surface area (Å²) in [5.74, 6) is -3.25. The first-order chi connectivity index (χ1) is 5.57. The summed E-state index contributed by atoms with van der Waals surface area (Å²) in [7, 11) is 0. The van der Waals surface area contributed by atoms with Crippen LogP contribution in [0, 0.1) is 17.5 Å². The average molecular weight is 193 g/mol. The highest BCUT2D eigenvalue weighted by Gasteiger charge is 2.15. The van der Waals surface area contributed by atoms with Crippen molar-refractivity contribution in [2.75, 3.05) is 12.0 Å². The predicted molar refractivity (Wildman–Crippen MR) is 42.5 cm³/mol. The molecule has 1 nitrogen and oxygen atoms in total. The third kappa shape index (κ3) is 1.36. The molecule has 5 heteroatoms. The Morgan fingerprint density at radius 3 is 2.33 bits per heavy atom. The van der Waals surface area contributed by atoms with E-state index in [0.29, 0.717) is 0 Å². The Morgan fingerprint density at radius 1 is 1.25 bits per heavy atom. The van der Waals surface area contributed by atoms with Crippen LogP contribution in [0.4, 0.5) is 18.9 Å². The first-order valence-corrected chi connectivity index (χ1v) is 4.27. The van der Waals surface area contributed by atoms with Gasteiger partial charge in [0.05, 0.1) is 10.6 Å². The van der Waals surface area contributed by atoms with Crippen molar-refractivity contribution in [3.63, 3.8) is 0 Å². The molecule has 0 aliphatic rings. The third-order valence-corrected chi connectivity index (χ3v) is 2.13. The van der Waals surface area contributed by atoms with Crippen LogP contribution in [-0.2, 0) is 0 Å². The number of rotatable bonds is 1. The lowest BCUT2D eigenvalue weighted by atomic mass is 10.3. The maximum absolute atomic E-state index is 12.8. The van der Waals surface area contributed by atoms with E-state index in [4.69, 9.17) is 5.73 Å². The Hall–Kier alpha value is -0.840. The molecule has 0 radical (unpaired) electrons. The van der Waals surface area contributed by atoms with E-state index in [1.54, 1.807) is 0 Å². The van der Waals surface area contributed by atoms with E-state index in [1.807, 2.05) is 0 Å². The molecule has 0 atom stereocenters. The fraction of sp³-hybridized carbons (Fsp3) is 0.143. The van der Waals surface area contributed by atoms with Gasteiger partial charge in [-0.05, 0) is 6.26 Å². The van der Waals surface area contributed by atoms with Crippen molar-refractivity contribution in [2.45, 2.75) is 4.90 Å². The zero-order chi connectivity index (χ0) is 9.30. The molecule has 0 heterocycles. The highest BCUT2D eigenvalue weighted by atomic mass is 32.2. The van der Waals surface area contributed by atoms with Crippen LogP contribution in [0.1, 0.15) is 0 Å². The quantitative estimate of drug-likeness (QED) is 0.421. The summed E-state index contributed by atoms with van der Waals surface area (Å²) >= 11 is 0.799. The summed E-state index contributed by atoms with van der Waals surface area (Å²) < 4.78 is 38.3. The minimum Gasteiger partial charge on any atom is -0.396 e. The number of hydrogen-bond donors (Lipinski definition) is 1. The number of anilines is 1. The van der Waals surface area contributed by atoms with Crippen molar-refractivity contribution < 1.29 is 13.2 Å². The van der Waals surface area contributed by atoms with Crippen LogP contribution in [0.2, 0.25) is 0 Å². The van der Waals surface area contributed by atoms with Crippen LogP contribution in [0.25, 0.3) is 0 Å². The maximum Gasteiger partial charge on any atom is 0.183 e. The third-order valence-electron chi connectivity index (χ3n) is 1.35. The highest BCUT2D eigenvalue weighted by Crippen LogP contribution is 2.27. The second-order valence-electron chi connectivity index (χ2n) is 2.11. The van der Waals surface area contributed by atoms with Crippen molar-refractivity contribution >= 4 is 17.4 Å². The van der Waals surface area contributed by atoms with Gasteiger partial charge in [-0.1, -0.05) is 0 Å². The molecule has 1 rings (SSSR count). The summed E-state index contributed by atoms with van der Waals surface area (Å²) in [5.41, 5.74) is 4.47. The number of nitrogen functional groups attached to an aromatic ring is 1. The van der Waals surface area contributed by atoms with Gasteiger partial charge in [0.15, 0.2) is 11.6 Å². The summed E-state index contributed by atoms with van der Waals surface area (Å²) in [4.78, 5) is -0.346. The van der Waals surface area contributed by atoms with Crippen molar-refractivity contribution in [3.05, 3.63) is 23.5 Å². The van der Waals surface area contributed by atoms with E-state index in [-0.39, 0.29) is 4.90 Å². The number of hydrogen-bond acceptors (Lipinski definition) is 2. The summed E-state index contributed by atoms with van der Waals surface area (Å²) in [6.07, 6.45) is 1.46. The fourth-order valence-electron chi connectivity index (χ4n) is 0.784. The smallest absolute Gasteiger partial charge is 0.183 e. The molecule has 12 heavy (non-hydrogen) atoms. The zero-order valence-electron chi connectivity index (χ0n) is 6.20. The second kappa shape index (κ2) is 3.26. The van der Waals surface area contributed by atoms with Crippen molar-refractivity contribution in [1.29, 1.82) is 0 Å². The molecular weight excluding hydrogens is 187 g/mol. The molecule has 1 aromatic rings. The zero-order valence-corrected chi connectivity index (χ0v) is 7.01. The molecule has 1 aromatic carbocycles. The Balaban J connectivity index is 3.40. The lowest BCUT2D eigenvalue weighted by molar-refractivity contribution is 0.471. The molecule has 0 spiro atoms. The minimum absolute atomic E-state index is 0.346. The topological polar surface area (TPSA) is 26.0 Å². The number of nitrogens with two attached hydrogens (primary N) is 1. The number of halogens is 3. The summed E-state index contributed by atoms with van der Waals surface area (Å²) in [6.45, 7) is 0. The molecule has 0 aliphatic carbocycles. The Labute approximate surface area is 71.8 Å². The van der Waals surface area contributed by atoms with Crippen LogP contribution in [-0.4, -0.2) is 6.26 Å². The predicted octanol–water partition coefficient (Wildman–Crippen LogP) is 2.41. The van der Waals surface area contributed by atoms with Gasteiger partial charge in [0, 0.05) is 6.07 Å². The lowest BCUT2D eigenvalue weighted by Crippen LogP contribution is -1.98. The van der Waals surface area contributed by atoms with E-state index in [2.05, 4.69) is 0 Å². The molecule has 0 aliphatic heterocycles. The first-order valence-electron chi connectivity index (χ1n) is 3.05. The lowest BCUT2D eigenvalue weighted by Gasteiger charge is -2.03. The SMILES string of the molecule is CSc1c(F)cc(N)c(F)c1F. The van der Waals surface area contributed by atoms with Gasteiger partial charge >= 0.3 is 0 Å². The molecule has 0 saturated carbocycles. The molecule has 0 saturated heterocycles. The maximum atomic E-state index is 12.8. The van der Waals surface area contributed by atoms with Crippen LogP contribution in [0.3, 0.4) is 0 Å². The minimum atomic E-state index is -1.22. The van der Waals surface area contributed by atoms with Crippen LogP contribution in [0.5, 0.6) is 0 Å². The van der Waals surface area contributed by atoms with E-state index < -0.39 is 23.1 Å². The van der Waals surface area contributed by atoms with E-state index in [1.165, 1.54) is 6.26 Å². The normalized spacial score (nSPS) is 10.3. The van der Waals surface area contributed by atoms with Crippen molar-refractivity contribution in [2.24, 2.45) is 0 Å². The molecule has 2 N–H and O–H groups in total. The summed E-state index contributed by atoms with van der Waals surface area (Å²) in [5, 5.41) is 0.